The standard InChI is InChI=1S/C21H19Cl2N3O/c1-13-5-4-6-16(9-13)21(27)25-24-12-17-10-14(2)26(15(17)3)20-8-7-18(22)11-19(20)23/h4-12H,1-3H3,(H,25,27)/b24-12-. The third kappa shape index (κ3) is 4.24. The first kappa shape index (κ1) is 19.2. The van der Waals surface area contributed by atoms with Crippen LogP contribution in [0.5, 0.6) is 0 Å². The van der Waals surface area contributed by atoms with Gasteiger partial charge in [-0.1, -0.05) is 40.9 Å². The molecule has 0 aliphatic rings. The van der Waals surface area contributed by atoms with Crippen molar-refractivity contribution in [3.8, 4) is 5.69 Å². The van der Waals surface area contributed by atoms with Gasteiger partial charge < -0.3 is 4.57 Å². The number of halogens is 2. The molecule has 0 fully saturated rings. The molecule has 0 saturated carbocycles. The van der Waals surface area contributed by atoms with Crippen molar-refractivity contribution in [2.45, 2.75) is 20.8 Å². The maximum atomic E-state index is 12.2. The quantitative estimate of drug-likeness (QED) is 0.458. The SMILES string of the molecule is Cc1cccc(C(=O)N/N=C\c2cc(C)n(-c3ccc(Cl)cc3Cl)c2C)c1. The Morgan fingerprint density at radius 3 is 2.56 bits per heavy atom. The Morgan fingerprint density at radius 1 is 1.07 bits per heavy atom. The van der Waals surface area contributed by atoms with E-state index in [0.717, 1.165) is 28.2 Å². The van der Waals surface area contributed by atoms with Gasteiger partial charge in [-0.25, -0.2) is 5.43 Å². The van der Waals surface area contributed by atoms with Crippen molar-refractivity contribution in [1.82, 2.24) is 9.99 Å². The van der Waals surface area contributed by atoms with Gasteiger partial charge in [0.05, 0.1) is 16.9 Å². The number of amides is 1. The lowest BCUT2D eigenvalue weighted by molar-refractivity contribution is 0.0955. The molecule has 4 nitrogen and oxygen atoms in total. The molecular weight excluding hydrogens is 381 g/mol. The number of carbonyl (C=O) groups excluding carboxylic acids is 1. The highest BCUT2D eigenvalue weighted by atomic mass is 35.5. The number of rotatable bonds is 4. The number of nitrogens with one attached hydrogen (secondary N) is 1. The monoisotopic (exact) mass is 399 g/mol. The molecule has 0 bridgehead atoms. The van der Waals surface area contributed by atoms with Crippen LogP contribution in [0.15, 0.2) is 53.6 Å². The first-order chi connectivity index (χ1) is 12.9. The summed E-state index contributed by atoms with van der Waals surface area (Å²) in [6.45, 7) is 5.90. The summed E-state index contributed by atoms with van der Waals surface area (Å²) in [5.41, 5.74) is 7.87. The van der Waals surface area contributed by atoms with E-state index in [1.165, 1.54) is 0 Å². The second kappa shape index (κ2) is 7.99. The van der Waals surface area contributed by atoms with Crippen LogP contribution in [0, 0.1) is 20.8 Å². The van der Waals surface area contributed by atoms with Gasteiger partial charge in [0.2, 0.25) is 0 Å². The van der Waals surface area contributed by atoms with Crippen molar-refractivity contribution in [3.63, 3.8) is 0 Å². The molecule has 2 aromatic carbocycles. The zero-order valence-corrected chi connectivity index (χ0v) is 16.8. The third-order valence-electron chi connectivity index (χ3n) is 4.27. The van der Waals surface area contributed by atoms with Gasteiger partial charge in [0.15, 0.2) is 0 Å². The highest BCUT2D eigenvalue weighted by Gasteiger charge is 2.12. The van der Waals surface area contributed by atoms with Crippen LogP contribution in [0.2, 0.25) is 10.0 Å². The maximum Gasteiger partial charge on any atom is 0.271 e. The molecule has 6 heteroatoms. The number of carbonyl (C=O) groups is 1. The smallest absolute Gasteiger partial charge is 0.271 e. The average Bonchev–Trinajstić information content (AvgIpc) is 2.89. The maximum absolute atomic E-state index is 12.2. The molecule has 27 heavy (non-hydrogen) atoms. The molecule has 3 aromatic rings. The predicted octanol–water partition coefficient (Wildman–Crippen LogP) is 5.47. The first-order valence-electron chi connectivity index (χ1n) is 8.41. The lowest BCUT2D eigenvalue weighted by atomic mass is 10.1. The van der Waals surface area contributed by atoms with Crippen LogP contribution in [-0.4, -0.2) is 16.7 Å². The van der Waals surface area contributed by atoms with E-state index >= 15 is 0 Å². The lowest BCUT2D eigenvalue weighted by Crippen LogP contribution is -2.17. The van der Waals surface area contributed by atoms with E-state index in [2.05, 4.69) is 10.5 Å². The summed E-state index contributed by atoms with van der Waals surface area (Å²) in [7, 11) is 0. The molecule has 0 saturated heterocycles. The minimum absolute atomic E-state index is 0.246. The highest BCUT2D eigenvalue weighted by molar-refractivity contribution is 6.35. The first-order valence-corrected chi connectivity index (χ1v) is 9.17. The van der Waals surface area contributed by atoms with Gasteiger partial charge in [-0.05, 0) is 57.2 Å². The molecule has 0 radical (unpaired) electrons. The third-order valence-corrected chi connectivity index (χ3v) is 4.81. The van der Waals surface area contributed by atoms with Gasteiger partial charge in [-0.2, -0.15) is 5.10 Å². The Bertz CT molecular complexity index is 1040. The number of aryl methyl sites for hydroxylation is 2. The van der Waals surface area contributed by atoms with Crippen molar-refractivity contribution in [2.24, 2.45) is 5.10 Å². The van der Waals surface area contributed by atoms with Crippen LogP contribution < -0.4 is 5.43 Å². The zero-order valence-electron chi connectivity index (χ0n) is 15.3. The Labute approximate surface area is 168 Å². The number of benzene rings is 2. The van der Waals surface area contributed by atoms with E-state index in [0.29, 0.717) is 15.6 Å². The minimum atomic E-state index is -0.246. The number of nitrogens with zero attached hydrogens (tertiary/aromatic N) is 2. The van der Waals surface area contributed by atoms with E-state index in [-0.39, 0.29) is 5.91 Å². The predicted molar refractivity (Wildman–Crippen MR) is 112 cm³/mol. The molecule has 0 aliphatic carbocycles. The van der Waals surface area contributed by atoms with Gasteiger partial charge in [0.25, 0.3) is 5.91 Å². The second-order valence-corrected chi connectivity index (χ2v) is 7.17. The number of hydrazone groups is 1. The molecule has 1 aromatic heterocycles. The lowest BCUT2D eigenvalue weighted by Gasteiger charge is -2.11. The van der Waals surface area contributed by atoms with Gasteiger partial charge in [-0.3, -0.25) is 4.79 Å². The Kier molecular flexibility index (Phi) is 5.68. The summed E-state index contributed by atoms with van der Waals surface area (Å²) in [4.78, 5) is 12.2. The second-order valence-electron chi connectivity index (χ2n) is 6.33. The molecule has 0 unspecified atom stereocenters. The fraction of sp³-hybridized carbons (Fsp3) is 0.143. The van der Waals surface area contributed by atoms with Crippen LogP contribution in [0.3, 0.4) is 0 Å². The molecule has 0 spiro atoms. The number of hydrogen-bond acceptors (Lipinski definition) is 2. The number of aromatic nitrogens is 1. The largest absolute Gasteiger partial charge is 0.316 e. The summed E-state index contributed by atoms with van der Waals surface area (Å²) in [6.07, 6.45) is 1.64. The molecule has 1 heterocycles. The van der Waals surface area contributed by atoms with Gasteiger partial charge in [0, 0.05) is 27.5 Å². The summed E-state index contributed by atoms with van der Waals surface area (Å²) in [5, 5.41) is 5.26. The van der Waals surface area contributed by atoms with Crippen molar-refractivity contribution in [2.75, 3.05) is 0 Å². The van der Waals surface area contributed by atoms with Crippen molar-refractivity contribution >= 4 is 35.3 Å². The van der Waals surface area contributed by atoms with E-state index in [1.807, 2.05) is 55.7 Å². The van der Waals surface area contributed by atoms with Crippen LogP contribution in [0.4, 0.5) is 0 Å². The molecular formula is C21H19Cl2N3O. The minimum Gasteiger partial charge on any atom is -0.316 e. The molecule has 0 atom stereocenters. The van der Waals surface area contributed by atoms with Crippen LogP contribution >= 0.6 is 23.2 Å². The van der Waals surface area contributed by atoms with E-state index in [9.17, 15) is 4.79 Å². The van der Waals surface area contributed by atoms with E-state index < -0.39 is 0 Å². The Balaban J connectivity index is 1.82. The van der Waals surface area contributed by atoms with Gasteiger partial charge in [-0.15, -0.1) is 0 Å². The van der Waals surface area contributed by atoms with Crippen molar-refractivity contribution in [1.29, 1.82) is 0 Å². The Morgan fingerprint density at radius 2 is 1.85 bits per heavy atom. The highest BCUT2D eigenvalue weighted by Crippen LogP contribution is 2.28. The molecule has 1 N–H and O–H groups in total. The summed E-state index contributed by atoms with van der Waals surface area (Å²) < 4.78 is 2.03. The van der Waals surface area contributed by atoms with Crippen LogP contribution in [-0.2, 0) is 0 Å². The topological polar surface area (TPSA) is 46.4 Å². The summed E-state index contributed by atoms with van der Waals surface area (Å²) in [5.74, 6) is -0.246. The van der Waals surface area contributed by atoms with Crippen LogP contribution in [0.25, 0.3) is 5.69 Å². The van der Waals surface area contributed by atoms with Gasteiger partial charge >= 0.3 is 0 Å². The fourth-order valence-electron chi connectivity index (χ4n) is 2.96. The van der Waals surface area contributed by atoms with E-state index in [1.54, 1.807) is 24.4 Å². The van der Waals surface area contributed by atoms with Gasteiger partial charge in [0.1, 0.15) is 0 Å². The Hall–Kier alpha value is -2.56. The normalized spacial score (nSPS) is 11.1. The van der Waals surface area contributed by atoms with Crippen molar-refractivity contribution < 1.29 is 4.79 Å². The fourth-order valence-corrected chi connectivity index (χ4v) is 3.46. The number of hydrogen-bond donors (Lipinski definition) is 1. The molecule has 138 valence electrons. The van der Waals surface area contributed by atoms with Crippen LogP contribution in [0.1, 0.15) is 32.9 Å². The average molecular weight is 400 g/mol. The summed E-state index contributed by atoms with van der Waals surface area (Å²) >= 11 is 12.3. The van der Waals surface area contributed by atoms with E-state index in [4.69, 9.17) is 23.2 Å². The van der Waals surface area contributed by atoms with Crippen molar-refractivity contribution in [3.05, 3.63) is 86.7 Å². The molecule has 3 rings (SSSR count). The summed E-state index contributed by atoms with van der Waals surface area (Å²) in [6, 6.07) is 14.7. The molecule has 1 amide bonds. The zero-order chi connectivity index (χ0) is 19.6. The molecule has 0 aliphatic heterocycles.